The Kier molecular flexibility index (Phi) is 11.3. The van der Waals surface area contributed by atoms with Crippen molar-refractivity contribution in [1.82, 2.24) is 4.98 Å². The molecule has 4 atom stereocenters. The zero-order chi connectivity index (χ0) is 25.3. The van der Waals surface area contributed by atoms with E-state index < -0.39 is 17.6 Å². The molecule has 0 radical (unpaired) electrons. The van der Waals surface area contributed by atoms with Crippen LogP contribution >= 0.6 is 11.3 Å². The van der Waals surface area contributed by atoms with Gasteiger partial charge in [-0.25, -0.2) is 4.98 Å². The number of nitrogens with zero attached hydrogens (tertiary/aromatic N) is 1. The van der Waals surface area contributed by atoms with Gasteiger partial charge in [-0.3, -0.25) is 9.59 Å². The third kappa shape index (κ3) is 8.85. The standard InChI is InChI=1S/C24H35NO6S.CH4O/c1-15(10-16-14-32-22(13-26)25-16)19-12-20-18(30-20)7-5-4-6-17(27)11-21(28)24(2,3)9-8-23(29)31-19;1-2/h10,14,17-20,26-27H,4-9,11-13H2,1-3H3;2H,1H3/b15-10+;. The maximum absolute atomic E-state index is 12.7. The van der Waals surface area contributed by atoms with E-state index in [1.807, 2.05) is 32.2 Å². The summed E-state index contributed by atoms with van der Waals surface area (Å²) >= 11 is 1.39. The highest BCUT2D eigenvalue weighted by molar-refractivity contribution is 7.09. The highest BCUT2D eigenvalue weighted by atomic mass is 32.1. The summed E-state index contributed by atoms with van der Waals surface area (Å²) in [4.78, 5) is 29.7. The molecule has 1 aromatic heterocycles. The van der Waals surface area contributed by atoms with Gasteiger partial charge in [0.25, 0.3) is 0 Å². The maximum Gasteiger partial charge on any atom is 0.306 e. The number of aromatic nitrogens is 1. The quantitative estimate of drug-likeness (QED) is 0.428. The van der Waals surface area contributed by atoms with Crippen LogP contribution in [0.2, 0.25) is 0 Å². The molecule has 0 saturated carbocycles. The van der Waals surface area contributed by atoms with Crippen LogP contribution in [0.4, 0.5) is 0 Å². The lowest BCUT2D eigenvalue weighted by atomic mass is 9.80. The third-order valence-corrected chi connectivity index (χ3v) is 7.25. The summed E-state index contributed by atoms with van der Waals surface area (Å²) in [6.07, 6.45) is 5.54. The second kappa shape index (κ2) is 13.4. The number of hydrogen-bond donors (Lipinski definition) is 3. The number of esters is 1. The van der Waals surface area contributed by atoms with Crippen molar-refractivity contribution in [3.05, 3.63) is 21.7 Å². The van der Waals surface area contributed by atoms with Crippen LogP contribution in [0.3, 0.4) is 0 Å². The number of epoxide rings is 1. The Morgan fingerprint density at radius 2 is 1.94 bits per heavy atom. The summed E-state index contributed by atoms with van der Waals surface area (Å²) in [6, 6.07) is 0. The lowest BCUT2D eigenvalue weighted by Gasteiger charge is -2.25. The largest absolute Gasteiger partial charge is 0.458 e. The molecule has 0 aliphatic carbocycles. The van der Waals surface area contributed by atoms with Gasteiger partial charge in [-0.15, -0.1) is 11.3 Å². The molecule has 1 aromatic rings. The summed E-state index contributed by atoms with van der Waals surface area (Å²) in [7, 11) is 1.00. The van der Waals surface area contributed by atoms with Gasteiger partial charge in [-0.2, -0.15) is 0 Å². The van der Waals surface area contributed by atoms with Gasteiger partial charge < -0.3 is 24.8 Å². The molecule has 9 heteroatoms. The summed E-state index contributed by atoms with van der Waals surface area (Å²) in [5, 5.41) is 29.0. The molecule has 3 N–H and O–H groups in total. The van der Waals surface area contributed by atoms with Crippen molar-refractivity contribution >= 4 is 29.2 Å². The zero-order valence-electron chi connectivity index (χ0n) is 20.7. The summed E-state index contributed by atoms with van der Waals surface area (Å²) in [6.45, 7) is 5.47. The molecule has 3 rings (SSSR count). The topological polar surface area (TPSA) is 129 Å². The first-order valence-electron chi connectivity index (χ1n) is 11.9. The minimum atomic E-state index is -0.691. The Bertz CT molecular complexity index is 835. The van der Waals surface area contributed by atoms with Crippen molar-refractivity contribution < 1.29 is 34.4 Å². The molecule has 2 saturated heterocycles. The van der Waals surface area contributed by atoms with E-state index in [4.69, 9.17) is 14.6 Å². The molecule has 3 heterocycles. The fourth-order valence-electron chi connectivity index (χ4n) is 4.06. The number of ether oxygens (including phenoxy) is 2. The Labute approximate surface area is 206 Å². The summed E-state index contributed by atoms with van der Waals surface area (Å²) in [5.74, 6) is -0.367. The molecule has 34 heavy (non-hydrogen) atoms. The van der Waals surface area contributed by atoms with Crippen LogP contribution < -0.4 is 0 Å². The van der Waals surface area contributed by atoms with Crippen molar-refractivity contribution in [2.45, 2.75) is 103 Å². The highest BCUT2D eigenvalue weighted by Crippen LogP contribution is 2.35. The highest BCUT2D eigenvalue weighted by Gasteiger charge is 2.41. The van der Waals surface area contributed by atoms with E-state index in [1.54, 1.807) is 0 Å². The van der Waals surface area contributed by atoms with Crippen molar-refractivity contribution in [3.63, 3.8) is 0 Å². The predicted molar refractivity (Wildman–Crippen MR) is 130 cm³/mol. The zero-order valence-corrected chi connectivity index (χ0v) is 21.5. The molecule has 0 amide bonds. The number of carbonyl (C=O) groups excluding carboxylic acids is 2. The molecular formula is C25H39NO7S. The minimum absolute atomic E-state index is 0.0219. The Hall–Kier alpha value is -1.65. The minimum Gasteiger partial charge on any atom is -0.458 e. The first kappa shape index (κ1) is 28.6. The molecule has 0 aromatic carbocycles. The number of ketones is 1. The van der Waals surface area contributed by atoms with E-state index in [0.717, 1.165) is 37.6 Å². The van der Waals surface area contributed by atoms with Crippen molar-refractivity contribution in [3.8, 4) is 0 Å². The molecule has 8 nitrogen and oxygen atoms in total. The number of Topliss-reactive ketones (excluding diaryl/α,β-unsaturated/α-hetero) is 1. The van der Waals surface area contributed by atoms with E-state index in [2.05, 4.69) is 4.98 Å². The second-order valence-corrected chi connectivity index (χ2v) is 10.5. The number of cyclic esters (lactones) is 1. The lowest BCUT2D eigenvalue weighted by Crippen LogP contribution is -2.30. The number of carbonyl (C=O) groups is 2. The van der Waals surface area contributed by atoms with Gasteiger partial charge in [0.15, 0.2) is 0 Å². The van der Waals surface area contributed by atoms with Crippen molar-refractivity contribution in [2.24, 2.45) is 5.41 Å². The number of thiazole rings is 1. The van der Waals surface area contributed by atoms with E-state index in [9.17, 15) is 19.8 Å². The average Bonchev–Trinajstić information content (AvgIpc) is 3.38. The van der Waals surface area contributed by atoms with E-state index in [-0.39, 0.29) is 43.4 Å². The summed E-state index contributed by atoms with van der Waals surface area (Å²) in [5.41, 5.74) is 0.920. The molecule has 4 unspecified atom stereocenters. The number of aliphatic hydroxyl groups is 3. The van der Waals surface area contributed by atoms with Crippen LogP contribution in [0.1, 0.15) is 82.8 Å². The van der Waals surface area contributed by atoms with Crippen molar-refractivity contribution in [2.75, 3.05) is 7.11 Å². The van der Waals surface area contributed by atoms with Crippen LogP contribution in [0.15, 0.2) is 11.0 Å². The number of rotatable bonds is 3. The number of aliphatic hydroxyl groups excluding tert-OH is 3. The normalized spacial score (nSPS) is 28.9. The van der Waals surface area contributed by atoms with Crippen LogP contribution in [-0.2, 0) is 25.7 Å². The molecule has 2 aliphatic rings. The van der Waals surface area contributed by atoms with E-state index in [1.165, 1.54) is 11.3 Å². The van der Waals surface area contributed by atoms with Crippen LogP contribution in [0.5, 0.6) is 0 Å². The first-order chi connectivity index (χ1) is 16.2. The first-order valence-corrected chi connectivity index (χ1v) is 12.8. The average molecular weight is 498 g/mol. The van der Waals surface area contributed by atoms with Crippen LogP contribution in [0, 0.1) is 5.41 Å². The van der Waals surface area contributed by atoms with Gasteiger partial charge >= 0.3 is 5.97 Å². The second-order valence-electron chi connectivity index (χ2n) is 9.59. The summed E-state index contributed by atoms with van der Waals surface area (Å²) < 4.78 is 11.7. The Morgan fingerprint density at radius 3 is 2.62 bits per heavy atom. The Morgan fingerprint density at radius 1 is 1.24 bits per heavy atom. The molecule has 192 valence electrons. The molecule has 2 fully saturated rings. The van der Waals surface area contributed by atoms with Gasteiger partial charge in [0.1, 0.15) is 16.9 Å². The predicted octanol–water partition coefficient (Wildman–Crippen LogP) is 3.42. The lowest BCUT2D eigenvalue weighted by molar-refractivity contribution is -0.148. The van der Waals surface area contributed by atoms with Gasteiger partial charge in [-0.1, -0.05) is 26.7 Å². The van der Waals surface area contributed by atoms with E-state index in [0.29, 0.717) is 24.3 Å². The number of fused-ring (bicyclic) bond motifs is 1. The van der Waals surface area contributed by atoms with Crippen molar-refractivity contribution in [1.29, 1.82) is 0 Å². The van der Waals surface area contributed by atoms with E-state index >= 15 is 0 Å². The van der Waals surface area contributed by atoms with Crippen LogP contribution in [0.25, 0.3) is 6.08 Å². The third-order valence-electron chi connectivity index (χ3n) is 6.40. The fraction of sp³-hybridized carbons (Fsp3) is 0.720. The SMILES string of the molecule is C/C(=C\c1csc(CO)n1)C1CC2OC2CCCCC(O)CC(=O)C(C)(C)CCC(=O)O1.CO. The number of hydrogen-bond acceptors (Lipinski definition) is 9. The fourth-order valence-corrected chi connectivity index (χ4v) is 4.67. The maximum atomic E-state index is 12.7. The molecular weight excluding hydrogens is 458 g/mol. The van der Waals surface area contributed by atoms with Gasteiger partial charge in [0.05, 0.1) is 30.6 Å². The Balaban J connectivity index is 0.00000199. The van der Waals surface area contributed by atoms with Gasteiger partial charge in [0, 0.05) is 37.2 Å². The van der Waals surface area contributed by atoms with Gasteiger partial charge in [-0.05, 0) is 37.8 Å². The smallest absolute Gasteiger partial charge is 0.306 e. The molecule has 2 aliphatic heterocycles. The molecule has 0 bridgehead atoms. The van der Waals surface area contributed by atoms with Crippen LogP contribution in [-0.4, -0.2) is 63.6 Å². The van der Waals surface area contributed by atoms with Gasteiger partial charge in [0.2, 0.25) is 0 Å². The monoisotopic (exact) mass is 497 g/mol. The molecule has 0 spiro atoms.